The Bertz CT molecular complexity index is 558. The molecule has 1 unspecified atom stereocenters. The van der Waals surface area contributed by atoms with Gasteiger partial charge in [-0.3, -0.25) is 0 Å². The predicted molar refractivity (Wildman–Crippen MR) is 82.5 cm³/mol. The van der Waals surface area contributed by atoms with E-state index in [9.17, 15) is 0 Å². The van der Waals surface area contributed by atoms with E-state index in [4.69, 9.17) is 5.73 Å². The fourth-order valence-electron chi connectivity index (χ4n) is 1.62. The van der Waals surface area contributed by atoms with Crippen LogP contribution in [-0.2, 0) is 0 Å². The van der Waals surface area contributed by atoms with Crippen molar-refractivity contribution in [2.24, 2.45) is 0 Å². The van der Waals surface area contributed by atoms with Crippen LogP contribution < -0.4 is 11.1 Å². The van der Waals surface area contributed by atoms with Crippen LogP contribution in [0.15, 0.2) is 45.5 Å². The van der Waals surface area contributed by atoms with Crippen molar-refractivity contribution in [2.75, 3.05) is 11.1 Å². The van der Waals surface area contributed by atoms with Crippen molar-refractivity contribution in [3.63, 3.8) is 0 Å². The van der Waals surface area contributed by atoms with Crippen molar-refractivity contribution < 1.29 is 0 Å². The minimum atomic E-state index is 0.162. The molecule has 2 aromatic rings. The van der Waals surface area contributed by atoms with Crippen LogP contribution in [0.1, 0.15) is 18.5 Å². The number of halogens is 2. The number of nitrogens with one attached hydrogen (secondary N) is 1. The third kappa shape index (κ3) is 3.23. The zero-order valence-corrected chi connectivity index (χ0v) is 13.0. The molecule has 18 heavy (non-hydrogen) atoms. The van der Waals surface area contributed by atoms with Crippen molar-refractivity contribution >= 4 is 43.4 Å². The van der Waals surface area contributed by atoms with E-state index in [1.807, 2.05) is 18.2 Å². The Balaban J connectivity index is 2.18. The van der Waals surface area contributed by atoms with Gasteiger partial charge >= 0.3 is 0 Å². The monoisotopic (exact) mass is 369 g/mol. The molecule has 2 rings (SSSR count). The summed E-state index contributed by atoms with van der Waals surface area (Å²) < 4.78 is 1.93. The summed E-state index contributed by atoms with van der Waals surface area (Å²) >= 11 is 6.92. The highest BCUT2D eigenvalue weighted by Gasteiger charge is 2.09. The van der Waals surface area contributed by atoms with Gasteiger partial charge in [-0.1, -0.05) is 28.1 Å². The van der Waals surface area contributed by atoms with E-state index in [0.717, 1.165) is 14.8 Å². The molecule has 1 aromatic carbocycles. The van der Waals surface area contributed by atoms with Crippen LogP contribution in [0.3, 0.4) is 0 Å². The molecule has 0 spiro atoms. The second kappa shape index (κ2) is 5.71. The Labute approximate surface area is 123 Å². The summed E-state index contributed by atoms with van der Waals surface area (Å²) in [7, 11) is 0. The molecule has 0 fully saturated rings. The first-order valence-corrected chi connectivity index (χ1v) is 7.08. The molecule has 1 heterocycles. The zero-order valence-electron chi connectivity index (χ0n) is 9.82. The topological polar surface area (TPSA) is 50.9 Å². The maximum atomic E-state index is 5.66. The van der Waals surface area contributed by atoms with Crippen molar-refractivity contribution in [3.8, 4) is 0 Å². The van der Waals surface area contributed by atoms with Gasteiger partial charge in [0.1, 0.15) is 5.82 Å². The number of nitrogens with two attached hydrogens (primary N) is 1. The maximum absolute atomic E-state index is 5.66. The van der Waals surface area contributed by atoms with Crippen LogP contribution in [0.2, 0.25) is 0 Å². The number of anilines is 2. The van der Waals surface area contributed by atoms with Crippen LogP contribution in [0.5, 0.6) is 0 Å². The van der Waals surface area contributed by atoms with Gasteiger partial charge in [0.25, 0.3) is 0 Å². The molecule has 1 atom stereocenters. The largest absolute Gasteiger partial charge is 0.397 e. The van der Waals surface area contributed by atoms with Crippen LogP contribution in [0, 0.1) is 0 Å². The molecule has 0 amide bonds. The number of hydrogen-bond acceptors (Lipinski definition) is 3. The molecule has 0 saturated carbocycles. The lowest BCUT2D eigenvalue weighted by molar-refractivity contribution is 0.872. The van der Waals surface area contributed by atoms with E-state index < -0.39 is 0 Å². The van der Waals surface area contributed by atoms with Gasteiger partial charge in [-0.2, -0.15) is 0 Å². The standard InChI is InChI=1S/C13H13Br2N3/c1-8(9-3-2-4-10(14)5-9)18-13-12(15)6-11(16)7-17-13/h2-8H,16H2,1H3,(H,17,18). The SMILES string of the molecule is CC(Nc1ncc(N)cc1Br)c1cccc(Br)c1. The molecular formula is C13H13Br2N3. The van der Waals surface area contributed by atoms with Gasteiger partial charge in [-0.05, 0) is 46.6 Å². The molecule has 0 saturated heterocycles. The van der Waals surface area contributed by atoms with Crippen molar-refractivity contribution in [3.05, 3.63) is 51.0 Å². The lowest BCUT2D eigenvalue weighted by atomic mass is 10.1. The highest BCUT2D eigenvalue weighted by atomic mass is 79.9. The van der Waals surface area contributed by atoms with Crippen LogP contribution in [-0.4, -0.2) is 4.98 Å². The van der Waals surface area contributed by atoms with E-state index >= 15 is 0 Å². The van der Waals surface area contributed by atoms with Gasteiger partial charge in [0.2, 0.25) is 0 Å². The van der Waals surface area contributed by atoms with Gasteiger partial charge in [-0.25, -0.2) is 4.98 Å². The Morgan fingerprint density at radius 3 is 2.72 bits per heavy atom. The maximum Gasteiger partial charge on any atom is 0.140 e. The Morgan fingerprint density at radius 2 is 2.06 bits per heavy atom. The molecular weight excluding hydrogens is 358 g/mol. The summed E-state index contributed by atoms with van der Waals surface area (Å²) in [6, 6.07) is 10.2. The van der Waals surface area contributed by atoms with E-state index in [2.05, 4.69) is 61.2 Å². The smallest absolute Gasteiger partial charge is 0.140 e. The number of hydrogen-bond donors (Lipinski definition) is 2. The first kappa shape index (κ1) is 13.4. The van der Waals surface area contributed by atoms with E-state index in [1.165, 1.54) is 5.56 Å². The molecule has 0 aliphatic rings. The summed E-state index contributed by atoms with van der Waals surface area (Å²) in [6.07, 6.45) is 1.64. The van der Waals surface area contributed by atoms with E-state index in [1.54, 1.807) is 6.20 Å². The van der Waals surface area contributed by atoms with E-state index in [0.29, 0.717) is 5.69 Å². The predicted octanol–water partition coefficient (Wildman–Crippen LogP) is 4.36. The number of pyridine rings is 1. The molecule has 3 nitrogen and oxygen atoms in total. The summed E-state index contributed by atoms with van der Waals surface area (Å²) in [5, 5.41) is 3.35. The number of rotatable bonds is 3. The number of nitrogens with zero attached hydrogens (tertiary/aromatic N) is 1. The lowest BCUT2D eigenvalue weighted by Crippen LogP contribution is -2.08. The fraction of sp³-hybridized carbons (Fsp3) is 0.154. The second-order valence-electron chi connectivity index (χ2n) is 4.02. The Morgan fingerprint density at radius 1 is 1.28 bits per heavy atom. The van der Waals surface area contributed by atoms with Gasteiger partial charge in [0, 0.05) is 4.47 Å². The van der Waals surface area contributed by atoms with Gasteiger partial charge in [-0.15, -0.1) is 0 Å². The normalized spacial score (nSPS) is 12.2. The number of benzene rings is 1. The third-order valence-electron chi connectivity index (χ3n) is 2.56. The van der Waals surface area contributed by atoms with Gasteiger partial charge in [0.05, 0.1) is 22.4 Å². The number of aromatic nitrogens is 1. The quantitative estimate of drug-likeness (QED) is 0.843. The summed E-state index contributed by atoms with van der Waals surface area (Å²) in [4.78, 5) is 4.27. The molecule has 0 aliphatic carbocycles. The highest BCUT2D eigenvalue weighted by molar-refractivity contribution is 9.10. The molecule has 1 aromatic heterocycles. The molecule has 0 bridgehead atoms. The van der Waals surface area contributed by atoms with Crippen LogP contribution in [0.25, 0.3) is 0 Å². The molecule has 94 valence electrons. The Hall–Kier alpha value is -1.07. The third-order valence-corrected chi connectivity index (χ3v) is 3.66. The molecule has 0 aliphatic heterocycles. The minimum Gasteiger partial charge on any atom is -0.397 e. The lowest BCUT2D eigenvalue weighted by Gasteiger charge is -2.16. The average Bonchev–Trinajstić information content (AvgIpc) is 2.32. The second-order valence-corrected chi connectivity index (χ2v) is 5.79. The first-order valence-electron chi connectivity index (χ1n) is 5.49. The van der Waals surface area contributed by atoms with Crippen molar-refractivity contribution in [2.45, 2.75) is 13.0 Å². The molecule has 0 radical (unpaired) electrons. The van der Waals surface area contributed by atoms with Gasteiger partial charge < -0.3 is 11.1 Å². The van der Waals surface area contributed by atoms with E-state index in [-0.39, 0.29) is 6.04 Å². The first-order chi connectivity index (χ1) is 8.56. The van der Waals surface area contributed by atoms with Crippen LogP contribution >= 0.6 is 31.9 Å². The van der Waals surface area contributed by atoms with Crippen molar-refractivity contribution in [1.82, 2.24) is 4.98 Å². The van der Waals surface area contributed by atoms with Crippen molar-refractivity contribution in [1.29, 1.82) is 0 Å². The molecule has 5 heteroatoms. The van der Waals surface area contributed by atoms with Gasteiger partial charge in [0.15, 0.2) is 0 Å². The minimum absolute atomic E-state index is 0.162. The number of nitrogen functional groups attached to an aromatic ring is 1. The fourth-order valence-corrected chi connectivity index (χ4v) is 2.52. The molecule has 3 N–H and O–H groups in total. The highest BCUT2D eigenvalue weighted by Crippen LogP contribution is 2.26. The van der Waals surface area contributed by atoms with Crippen LogP contribution in [0.4, 0.5) is 11.5 Å². The zero-order chi connectivity index (χ0) is 13.1. The summed E-state index contributed by atoms with van der Waals surface area (Å²) in [5.41, 5.74) is 7.49. The Kier molecular flexibility index (Phi) is 4.24. The summed E-state index contributed by atoms with van der Waals surface area (Å²) in [6.45, 7) is 2.09. The average molecular weight is 371 g/mol. The summed E-state index contributed by atoms with van der Waals surface area (Å²) in [5.74, 6) is 0.789.